The average molecular weight is 335 g/mol. The molecule has 10 heteroatoms. The summed E-state index contributed by atoms with van der Waals surface area (Å²) < 4.78 is 6.07. The first kappa shape index (κ1) is 17.4. The Morgan fingerprint density at radius 1 is 1.38 bits per heavy atom. The molecule has 0 saturated carbocycles. The fraction of sp³-hybridized carbons (Fsp3) is 0.500. The Morgan fingerprint density at radius 2 is 2.17 bits per heavy atom. The zero-order chi connectivity index (χ0) is 17.5. The SMILES string of the molecule is CCOC(=O)Nc1cn(CC(=O)NCCc2c(C)n[nH]c2C)nn1. The second kappa shape index (κ2) is 8.09. The Hall–Kier alpha value is -2.91. The second-order valence-electron chi connectivity index (χ2n) is 5.16. The van der Waals surface area contributed by atoms with Crippen molar-refractivity contribution in [1.82, 2.24) is 30.5 Å². The number of ether oxygens (including phenoxy) is 1. The Balaban J connectivity index is 1.76. The van der Waals surface area contributed by atoms with Gasteiger partial charge in [0.25, 0.3) is 0 Å². The number of carbonyl (C=O) groups excluding carboxylic acids is 2. The minimum Gasteiger partial charge on any atom is -0.450 e. The molecule has 0 aliphatic heterocycles. The number of H-pyrrole nitrogens is 1. The molecule has 0 fully saturated rings. The first-order valence-electron chi connectivity index (χ1n) is 7.60. The summed E-state index contributed by atoms with van der Waals surface area (Å²) in [6, 6.07) is 0. The molecule has 0 spiro atoms. The first-order valence-corrected chi connectivity index (χ1v) is 7.60. The molecule has 0 bridgehead atoms. The Bertz CT molecular complexity index is 688. The van der Waals surface area contributed by atoms with E-state index in [1.807, 2.05) is 13.8 Å². The minimum atomic E-state index is -0.611. The largest absolute Gasteiger partial charge is 0.450 e. The van der Waals surface area contributed by atoms with Crippen molar-refractivity contribution in [3.63, 3.8) is 0 Å². The van der Waals surface area contributed by atoms with Crippen LogP contribution in [0.25, 0.3) is 0 Å². The third-order valence-corrected chi connectivity index (χ3v) is 3.33. The van der Waals surface area contributed by atoms with Gasteiger partial charge in [0.05, 0.1) is 18.5 Å². The lowest BCUT2D eigenvalue weighted by atomic mass is 10.1. The van der Waals surface area contributed by atoms with Gasteiger partial charge in [-0.1, -0.05) is 5.21 Å². The summed E-state index contributed by atoms with van der Waals surface area (Å²) >= 11 is 0. The van der Waals surface area contributed by atoms with Crippen LogP contribution < -0.4 is 10.6 Å². The van der Waals surface area contributed by atoms with Crippen molar-refractivity contribution < 1.29 is 14.3 Å². The van der Waals surface area contributed by atoms with Crippen LogP contribution >= 0.6 is 0 Å². The highest BCUT2D eigenvalue weighted by atomic mass is 16.5. The lowest BCUT2D eigenvalue weighted by Crippen LogP contribution is -2.29. The van der Waals surface area contributed by atoms with Crippen LogP contribution in [0, 0.1) is 13.8 Å². The first-order chi connectivity index (χ1) is 11.5. The Labute approximate surface area is 139 Å². The highest BCUT2D eigenvalue weighted by Crippen LogP contribution is 2.09. The topological polar surface area (TPSA) is 127 Å². The zero-order valence-corrected chi connectivity index (χ0v) is 13.9. The van der Waals surface area contributed by atoms with Crippen molar-refractivity contribution in [1.29, 1.82) is 0 Å². The molecular weight excluding hydrogens is 314 g/mol. The average Bonchev–Trinajstić information content (AvgIpc) is 3.08. The molecule has 3 N–H and O–H groups in total. The van der Waals surface area contributed by atoms with Crippen LogP contribution in [0.2, 0.25) is 0 Å². The highest BCUT2D eigenvalue weighted by molar-refractivity contribution is 5.83. The normalized spacial score (nSPS) is 10.5. The van der Waals surface area contributed by atoms with Crippen molar-refractivity contribution in [3.8, 4) is 0 Å². The van der Waals surface area contributed by atoms with E-state index in [4.69, 9.17) is 4.74 Å². The standard InChI is InChI=1S/C14H21N7O3/c1-4-24-14(23)16-12-7-21(20-19-12)8-13(22)15-6-5-11-9(2)17-18-10(11)3/h7H,4-6,8H2,1-3H3,(H,15,22)(H,16,23)(H,17,18). The van der Waals surface area contributed by atoms with E-state index in [-0.39, 0.29) is 24.9 Å². The predicted molar refractivity (Wildman–Crippen MR) is 85.4 cm³/mol. The molecule has 10 nitrogen and oxygen atoms in total. The van der Waals surface area contributed by atoms with Gasteiger partial charge in [-0.05, 0) is 32.8 Å². The van der Waals surface area contributed by atoms with E-state index in [2.05, 4.69) is 31.1 Å². The molecular formula is C14H21N7O3. The molecule has 0 saturated heterocycles. The summed E-state index contributed by atoms with van der Waals surface area (Å²) in [5, 5.41) is 19.8. The van der Waals surface area contributed by atoms with Gasteiger partial charge in [-0.2, -0.15) is 5.10 Å². The number of anilines is 1. The van der Waals surface area contributed by atoms with E-state index in [9.17, 15) is 9.59 Å². The molecule has 0 aliphatic carbocycles. The van der Waals surface area contributed by atoms with Crippen molar-refractivity contribution in [2.45, 2.75) is 33.7 Å². The summed E-state index contributed by atoms with van der Waals surface area (Å²) in [7, 11) is 0. The molecule has 130 valence electrons. The van der Waals surface area contributed by atoms with Crippen LogP contribution in [0.3, 0.4) is 0 Å². The molecule has 2 aromatic rings. The fourth-order valence-corrected chi connectivity index (χ4v) is 2.18. The van der Waals surface area contributed by atoms with Gasteiger partial charge in [0.15, 0.2) is 5.82 Å². The van der Waals surface area contributed by atoms with Crippen molar-refractivity contribution in [3.05, 3.63) is 23.1 Å². The van der Waals surface area contributed by atoms with Gasteiger partial charge < -0.3 is 10.1 Å². The van der Waals surface area contributed by atoms with Crippen LogP contribution in [-0.4, -0.2) is 50.3 Å². The number of rotatable bonds is 7. The van der Waals surface area contributed by atoms with Gasteiger partial charge in [0, 0.05) is 12.2 Å². The molecule has 0 aliphatic rings. The number of aromatic amines is 1. The number of hydrogen-bond acceptors (Lipinski definition) is 6. The summed E-state index contributed by atoms with van der Waals surface area (Å²) in [4.78, 5) is 23.2. The molecule has 2 rings (SSSR count). The molecule has 2 amide bonds. The number of amides is 2. The van der Waals surface area contributed by atoms with E-state index < -0.39 is 6.09 Å². The van der Waals surface area contributed by atoms with E-state index in [1.54, 1.807) is 6.92 Å². The summed E-state index contributed by atoms with van der Waals surface area (Å²) in [6.07, 6.45) is 1.55. The highest BCUT2D eigenvalue weighted by Gasteiger charge is 2.10. The molecule has 0 unspecified atom stereocenters. The smallest absolute Gasteiger partial charge is 0.412 e. The molecule has 0 radical (unpaired) electrons. The number of hydrogen-bond donors (Lipinski definition) is 3. The van der Waals surface area contributed by atoms with Gasteiger partial charge in [0.2, 0.25) is 5.91 Å². The molecule has 2 heterocycles. The molecule has 0 atom stereocenters. The van der Waals surface area contributed by atoms with Crippen molar-refractivity contribution >= 4 is 17.8 Å². The van der Waals surface area contributed by atoms with Gasteiger partial charge >= 0.3 is 6.09 Å². The zero-order valence-electron chi connectivity index (χ0n) is 13.9. The fourth-order valence-electron chi connectivity index (χ4n) is 2.18. The second-order valence-corrected chi connectivity index (χ2v) is 5.16. The van der Waals surface area contributed by atoms with Crippen LogP contribution in [-0.2, 0) is 22.5 Å². The number of nitrogens with zero attached hydrogens (tertiary/aromatic N) is 4. The summed E-state index contributed by atoms with van der Waals surface area (Å²) in [6.45, 7) is 6.35. The lowest BCUT2D eigenvalue weighted by Gasteiger charge is -2.05. The predicted octanol–water partition coefficient (Wildman–Crippen LogP) is 0.545. The third-order valence-electron chi connectivity index (χ3n) is 3.33. The van der Waals surface area contributed by atoms with Gasteiger partial charge in [-0.25, -0.2) is 9.48 Å². The monoisotopic (exact) mass is 335 g/mol. The maximum atomic E-state index is 11.9. The minimum absolute atomic E-state index is 0.0147. The van der Waals surface area contributed by atoms with Gasteiger partial charge in [0.1, 0.15) is 6.54 Å². The number of carbonyl (C=O) groups is 2. The Morgan fingerprint density at radius 3 is 2.83 bits per heavy atom. The van der Waals surface area contributed by atoms with Crippen molar-refractivity contribution in [2.75, 3.05) is 18.5 Å². The van der Waals surface area contributed by atoms with Crippen molar-refractivity contribution in [2.24, 2.45) is 0 Å². The van der Waals surface area contributed by atoms with E-state index >= 15 is 0 Å². The maximum absolute atomic E-state index is 11.9. The van der Waals surface area contributed by atoms with Crippen LogP contribution in [0.1, 0.15) is 23.9 Å². The number of aryl methyl sites for hydroxylation is 2. The van der Waals surface area contributed by atoms with E-state index in [0.717, 1.165) is 17.0 Å². The summed E-state index contributed by atoms with van der Waals surface area (Å²) in [5.41, 5.74) is 3.05. The van der Waals surface area contributed by atoms with E-state index in [0.29, 0.717) is 13.0 Å². The third kappa shape index (κ3) is 4.80. The number of aromatic nitrogens is 5. The Kier molecular flexibility index (Phi) is 5.88. The molecule has 2 aromatic heterocycles. The van der Waals surface area contributed by atoms with Crippen LogP contribution in [0.15, 0.2) is 6.20 Å². The summed E-state index contributed by atoms with van der Waals surface area (Å²) in [5.74, 6) is 0.0345. The quantitative estimate of drug-likeness (QED) is 0.678. The van der Waals surface area contributed by atoms with Crippen LogP contribution in [0.5, 0.6) is 0 Å². The maximum Gasteiger partial charge on any atom is 0.412 e. The molecule has 24 heavy (non-hydrogen) atoms. The van der Waals surface area contributed by atoms with Crippen LogP contribution in [0.4, 0.5) is 10.6 Å². The van der Waals surface area contributed by atoms with Gasteiger partial charge in [-0.15, -0.1) is 5.10 Å². The van der Waals surface area contributed by atoms with E-state index in [1.165, 1.54) is 10.9 Å². The lowest BCUT2D eigenvalue weighted by molar-refractivity contribution is -0.121. The number of nitrogens with one attached hydrogen (secondary N) is 3. The molecule has 0 aromatic carbocycles. The van der Waals surface area contributed by atoms with Gasteiger partial charge in [-0.3, -0.25) is 15.2 Å².